The van der Waals surface area contributed by atoms with E-state index in [1.807, 2.05) is 27.7 Å². The second kappa shape index (κ2) is 10.5. The molecule has 0 aromatic carbocycles. The molecule has 6 aliphatic rings. The Kier molecular flexibility index (Phi) is 7.58. The molecule has 6 fully saturated rings. The maximum absolute atomic E-state index is 9.18. The van der Waals surface area contributed by atoms with Gasteiger partial charge in [-0.15, -0.1) is 0 Å². The molecular weight excluding hydrogens is 490 g/mol. The molecule has 6 rings (SSSR count). The molecule has 37 heavy (non-hydrogen) atoms. The number of rotatable bonds is 11. The van der Waals surface area contributed by atoms with Crippen LogP contribution in [0.15, 0.2) is 0 Å². The van der Waals surface area contributed by atoms with E-state index >= 15 is 0 Å². The lowest BCUT2D eigenvalue weighted by molar-refractivity contribution is -0.214. The summed E-state index contributed by atoms with van der Waals surface area (Å²) in [7, 11) is 0. The summed E-state index contributed by atoms with van der Waals surface area (Å²) in [5.74, 6) is -1.45. The zero-order valence-electron chi connectivity index (χ0n) is 22.0. The zero-order chi connectivity index (χ0) is 25.8. The Hall–Kier alpha value is -0.480. The smallest absolute Gasteiger partial charge is 0.187 e. The van der Waals surface area contributed by atoms with Crippen LogP contribution in [0.5, 0.6) is 0 Å². The summed E-state index contributed by atoms with van der Waals surface area (Å²) in [6.45, 7) is 10.1. The molecule has 0 aromatic rings. The van der Waals surface area contributed by atoms with Crippen molar-refractivity contribution in [1.82, 2.24) is 5.32 Å². The van der Waals surface area contributed by atoms with E-state index in [2.05, 4.69) is 5.32 Å². The third-order valence-electron chi connectivity index (χ3n) is 7.71. The third kappa shape index (κ3) is 5.46. The molecule has 0 amide bonds. The molecule has 4 bridgehead atoms. The van der Waals surface area contributed by atoms with Crippen LogP contribution < -0.4 is 5.32 Å². The first kappa shape index (κ1) is 26.7. The second-order valence-electron chi connectivity index (χ2n) is 11.6. The van der Waals surface area contributed by atoms with Gasteiger partial charge in [0, 0.05) is 6.61 Å². The van der Waals surface area contributed by atoms with Gasteiger partial charge in [-0.1, -0.05) is 0 Å². The summed E-state index contributed by atoms with van der Waals surface area (Å²) < 4.78 is 61.1. The molecule has 0 saturated carbocycles. The monoisotopic (exact) mass is 531 g/mol. The SMILES string of the molecule is CC1(C)O[C@@H]2[C@H](O1)[C@H]1OC[C@H](O1)[C@@H]2OCC(CO[C@H]1[C@H]2OC(C)(C)O[C@@H]2[C@@H]2OC[C@@H]1O2)NCCCCO. The molecule has 6 heterocycles. The van der Waals surface area contributed by atoms with Crippen molar-refractivity contribution < 1.29 is 52.5 Å². The molecule has 0 spiro atoms. The van der Waals surface area contributed by atoms with Gasteiger partial charge in [-0.2, -0.15) is 0 Å². The summed E-state index contributed by atoms with van der Waals surface area (Å²) >= 11 is 0. The van der Waals surface area contributed by atoms with E-state index in [1.54, 1.807) is 0 Å². The van der Waals surface area contributed by atoms with E-state index < -0.39 is 24.2 Å². The number of aliphatic hydroxyl groups excluding tert-OH is 1. The van der Waals surface area contributed by atoms with Crippen molar-refractivity contribution in [2.24, 2.45) is 0 Å². The molecular formula is C25H41NO11. The quantitative estimate of drug-likeness (QED) is 0.350. The average Bonchev–Trinajstić information content (AvgIpc) is 3.60. The molecule has 2 N–H and O–H groups in total. The maximum atomic E-state index is 9.18. The van der Waals surface area contributed by atoms with E-state index in [-0.39, 0.29) is 61.5 Å². The van der Waals surface area contributed by atoms with Gasteiger partial charge in [0.15, 0.2) is 24.2 Å². The first-order valence-corrected chi connectivity index (χ1v) is 13.6. The number of fused-ring (bicyclic) bond motifs is 8. The van der Waals surface area contributed by atoms with Gasteiger partial charge in [-0.3, -0.25) is 0 Å². The van der Waals surface area contributed by atoms with Gasteiger partial charge in [0.1, 0.15) is 48.8 Å². The minimum absolute atomic E-state index is 0.124. The van der Waals surface area contributed by atoms with Gasteiger partial charge in [0.2, 0.25) is 0 Å². The molecule has 0 aliphatic carbocycles. The van der Waals surface area contributed by atoms with Gasteiger partial charge < -0.3 is 57.8 Å². The zero-order valence-corrected chi connectivity index (χ0v) is 22.0. The average molecular weight is 532 g/mol. The van der Waals surface area contributed by atoms with Gasteiger partial charge >= 0.3 is 0 Å². The third-order valence-corrected chi connectivity index (χ3v) is 7.71. The van der Waals surface area contributed by atoms with Crippen LogP contribution in [-0.2, 0) is 47.4 Å². The van der Waals surface area contributed by atoms with Crippen molar-refractivity contribution in [1.29, 1.82) is 0 Å². The van der Waals surface area contributed by atoms with Crippen molar-refractivity contribution >= 4 is 0 Å². The van der Waals surface area contributed by atoms with Crippen molar-refractivity contribution in [3.63, 3.8) is 0 Å². The Bertz CT molecular complexity index is 741. The normalized spacial score (nSPS) is 45.6. The summed E-state index contributed by atoms with van der Waals surface area (Å²) in [4.78, 5) is 0. The molecule has 11 atom stereocenters. The lowest BCUT2D eigenvalue weighted by atomic mass is 10.0. The minimum Gasteiger partial charge on any atom is -0.396 e. The lowest BCUT2D eigenvalue weighted by Crippen LogP contribution is -2.56. The minimum atomic E-state index is -0.727. The van der Waals surface area contributed by atoms with Crippen LogP contribution in [0, 0.1) is 0 Å². The number of aliphatic hydroxyl groups is 1. The van der Waals surface area contributed by atoms with Crippen molar-refractivity contribution in [3.05, 3.63) is 0 Å². The molecule has 0 aromatic heterocycles. The Labute approximate surface area is 217 Å². The van der Waals surface area contributed by atoms with Gasteiger partial charge in [-0.25, -0.2) is 0 Å². The van der Waals surface area contributed by atoms with Gasteiger partial charge in [0.05, 0.1) is 32.5 Å². The number of hydrogen-bond acceptors (Lipinski definition) is 12. The Morgan fingerprint density at radius 2 is 1.24 bits per heavy atom. The molecule has 212 valence electrons. The maximum Gasteiger partial charge on any atom is 0.187 e. The van der Waals surface area contributed by atoms with E-state index in [0.29, 0.717) is 26.4 Å². The Morgan fingerprint density at radius 1 is 0.757 bits per heavy atom. The first-order chi connectivity index (χ1) is 17.7. The first-order valence-electron chi connectivity index (χ1n) is 13.6. The number of nitrogens with one attached hydrogen (secondary N) is 1. The van der Waals surface area contributed by atoms with Crippen LogP contribution in [0.2, 0.25) is 0 Å². The fraction of sp³-hybridized carbons (Fsp3) is 1.00. The lowest BCUT2D eigenvalue weighted by Gasteiger charge is -2.37. The number of hydrogen-bond donors (Lipinski definition) is 2. The van der Waals surface area contributed by atoms with Crippen LogP contribution in [0.3, 0.4) is 0 Å². The van der Waals surface area contributed by atoms with E-state index in [9.17, 15) is 5.11 Å². The number of ether oxygens (including phenoxy) is 10. The summed E-state index contributed by atoms with van der Waals surface area (Å²) in [5, 5.41) is 12.7. The van der Waals surface area contributed by atoms with Crippen LogP contribution in [-0.4, -0.2) is 124 Å². The van der Waals surface area contributed by atoms with E-state index in [0.717, 1.165) is 19.4 Å². The molecule has 6 saturated heterocycles. The van der Waals surface area contributed by atoms with Crippen molar-refractivity contribution in [2.45, 2.75) is 120 Å². The van der Waals surface area contributed by atoms with E-state index in [1.165, 1.54) is 0 Å². The highest BCUT2D eigenvalue weighted by molar-refractivity contribution is 5.01. The van der Waals surface area contributed by atoms with E-state index in [4.69, 9.17) is 47.4 Å². The summed E-state index contributed by atoms with van der Waals surface area (Å²) in [6.07, 6.45) is -1.59. The molecule has 1 unspecified atom stereocenters. The molecule has 0 radical (unpaired) electrons. The predicted molar refractivity (Wildman–Crippen MR) is 124 cm³/mol. The fourth-order valence-electron chi connectivity index (χ4n) is 6.12. The van der Waals surface area contributed by atoms with Crippen molar-refractivity contribution in [3.8, 4) is 0 Å². The van der Waals surface area contributed by atoms with Crippen LogP contribution >= 0.6 is 0 Å². The molecule has 12 nitrogen and oxygen atoms in total. The van der Waals surface area contributed by atoms with Crippen LogP contribution in [0.1, 0.15) is 40.5 Å². The Balaban J connectivity index is 1.10. The van der Waals surface area contributed by atoms with Crippen LogP contribution in [0.25, 0.3) is 0 Å². The summed E-state index contributed by atoms with van der Waals surface area (Å²) in [6, 6.07) is -0.124. The topological polar surface area (TPSA) is 125 Å². The molecule has 6 aliphatic heterocycles. The highest BCUT2D eigenvalue weighted by Gasteiger charge is 2.60. The predicted octanol–water partition coefficient (Wildman–Crippen LogP) is 0.0379. The standard InChI is InChI=1S/C25H41NO11/c1-24(2)34-18-16(14-11-30-22(32-14)20(18)36-24)28-9-13(26-7-5-6-8-27)10-29-17-15-12-31-23(33-15)21-19(17)35-25(3,4)37-21/h13-23,26-27H,5-12H2,1-4H3/t13?,14-,15-,16-,17+,18-,19+,20-,21-,22-,23+/m0/s1. The van der Waals surface area contributed by atoms with Crippen LogP contribution in [0.4, 0.5) is 0 Å². The second-order valence-corrected chi connectivity index (χ2v) is 11.6. The largest absolute Gasteiger partial charge is 0.396 e. The number of unbranched alkanes of at least 4 members (excludes halogenated alkanes) is 1. The Morgan fingerprint density at radius 3 is 1.73 bits per heavy atom. The molecule has 12 heteroatoms. The van der Waals surface area contributed by atoms with Gasteiger partial charge in [-0.05, 0) is 47.1 Å². The highest BCUT2D eigenvalue weighted by Crippen LogP contribution is 2.43. The van der Waals surface area contributed by atoms with Crippen molar-refractivity contribution in [2.75, 3.05) is 39.6 Å². The highest BCUT2D eigenvalue weighted by atomic mass is 16.8. The van der Waals surface area contributed by atoms with Gasteiger partial charge in [0.25, 0.3) is 0 Å². The summed E-state index contributed by atoms with van der Waals surface area (Å²) in [5.41, 5.74) is 0. The fourth-order valence-corrected chi connectivity index (χ4v) is 6.12.